The molecule has 0 radical (unpaired) electrons. The van der Waals surface area contributed by atoms with Crippen molar-refractivity contribution in [3.63, 3.8) is 0 Å². The minimum atomic E-state index is -0.956. The van der Waals surface area contributed by atoms with Gasteiger partial charge in [-0.3, -0.25) is 24.4 Å². The average Bonchev–Trinajstić information content (AvgIpc) is 2.32. The van der Waals surface area contributed by atoms with Crippen LogP contribution in [0.3, 0.4) is 0 Å². The van der Waals surface area contributed by atoms with Crippen LogP contribution in [0.2, 0.25) is 0 Å². The summed E-state index contributed by atoms with van der Waals surface area (Å²) in [6.07, 6.45) is 0.203. The number of fused-ring (bicyclic) bond motifs is 1. The molecule has 0 spiro atoms. The number of carbonyl (C=O) groups is 3. The van der Waals surface area contributed by atoms with Gasteiger partial charge in [0.15, 0.2) is 0 Å². The lowest BCUT2D eigenvalue weighted by molar-refractivity contribution is -0.142. The normalized spacial score (nSPS) is 28.9. The lowest BCUT2D eigenvalue weighted by Crippen LogP contribution is -2.58. The van der Waals surface area contributed by atoms with Crippen molar-refractivity contribution in [3.05, 3.63) is 0 Å². The summed E-state index contributed by atoms with van der Waals surface area (Å²) in [7, 11) is 2.93. The van der Waals surface area contributed by atoms with Gasteiger partial charge in [0, 0.05) is 14.1 Å². The predicted octanol–water partition coefficient (Wildman–Crippen LogP) is -0.371. The monoisotopic (exact) mass is 239 g/mol. The van der Waals surface area contributed by atoms with Gasteiger partial charge in [0.05, 0.1) is 18.4 Å². The van der Waals surface area contributed by atoms with Crippen LogP contribution in [0, 0.1) is 11.8 Å². The first kappa shape index (κ1) is 11.6. The first-order valence-corrected chi connectivity index (χ1v) is 5.26. The number of aliphatic imine (C=N–C) groups is 1. The lowest BCUT2D eigenvalue weighted by atomic mass is 9.88. The van der Waals surface area contributed by atoms with Gasteiger partial charge >= 0.3 is 12.0 Å². The van der Waals surface area contributed by atoms with Crippen LogP contribution in [0.5, 0.6) is 0 Å². The first-order valence-electron chi connectivity index (χ1n) is 5.26. The fraction of sp³-hybridized carbons (Fsp3) is 0.600. The maximum Gasteiger partial charge on any atom is 0.331 e. The van der Waals surface area contributed by atoms with E-state index in [1.54, 1.807) is 0 Å². The molecule has 2 heterocycles. The second kappa shape index (κ2) is 3.83. The summed E-state index contributed by atoms with van der Waals surface area (Å²) in [5, 5.41) is 8.92. The summed E-state index contributed by atoms with van der Waals surface area (Å²) in [5.41, 5.74) is 0. The van der Waals surface area contributed by atoms with Gasteiger partial charge in [0.2, 0.25) is 5.91 Å². The smallest absolute Gasteiger partial charge is 0.331 e. The Kier molecular flexibility index (Phi) is 2.60. The molecule has 2 rings (SSSR count). The first-order chi connectivity index (χ1) is 7.93. The highest BCUT2D eigenvalue weighted by Crippen LogP contribution is 2.27. The third-order valence-electron chi connectivity index (χ3n) is 3.20. The maximum atomic E-state index is 11.9. The number of rotatable bonds is 1. The van der Waals surface area contributed by atoms with Crippen LogP contribution in [0.4, 0.5) is 4.79 Å². The van der Waals surface area contributed by atoms with Gasteiger partial charge in [-0.25, -0.2) is 4.79 Å². The second-order valence-corrected chi connectivity index (χ2v) is 4.26. The van der Waals surface area contributed by atoms with E-state index in [1.807, 2.05) is 0 Å². The Morgan fingerprint density at radius 3 is 2.59 bits per heavy atom. The summed E-state index contributed by atoms with van der Waals surface area (Å²) in [4.78, 5) is 40.8. The second-order valence-electron chi connectivity index (χ2n) is 4.26. The third-order valence-corrected chi connectivity index (χ3v) is 3.20. The number of aliphatic carboxylic acids is 1. The van der Waals surface area contributed by atoms with Gasteiger partial charge in [-0.15, -0.1) is 0 Å². The number of imide groups is 1. The van der Waals surface area contributed by atoms with E-state index < -0.39 is 23.8 Å². The molecule has 17 heavy (non-hydrogen) atoms. The Morgan fingerprint density at radius 1 is 1.35 bits per heavy atom. The Hall–Kier alpha value is -1.92. The quantitative estimate of drug-likeness (QED) is 0.676. The minimum absolute atomic E-state index is 0.121. The molecule has 0 aromatic rings. The van der Waals surface area contributed by atoms with E-state index in [1.165, 1.54) is 19.0 Å². The molecule has 0 bridgehead atoms. The highest BCUT2D eigenvalue weighted by molar-refractivity contribution is 6.18. The molecule has 7 nitrogen and oxygen atoms in total. The van der Waals surface area contributed by atoms with Gasteiger partial charge in [0.25, 0.3) is 0 Å². The van der Waals surface area contributed by atoms with Crippen LogP contribution in [0.15, 0.2) is 4.99 Å². The number of hydrogen-bond acceptors (Lipinski definition) is 4. The molecule has 2 aliphatic heterocycles. The molecule has 1 saturated heterocycles. The van der Waals surface area contributed by atoms with Crippen LogP contribution in [0.1, 0.15) is 6.42 Å². The zero-order valence-electron chi connectivity index (χ0n) is 9.58. The van der Waals surface area contributed by atoms with Gasteiger partial charge in [-0.2, -0.15) is 0 Å². The lowest BCUT2D eigenvalue weighted by Gasteiger charge is -2.38. The van der Waals surface area contributed by atoms with E-state index in [4.69, 9.17) is 5.11 Å². The number of amidine groups is 1. The average molecular weight is 239 g/mol. The molecule has 0 saturated carbocycles. The Morgan fingerprint density at radius 2 is 2.00 bits per heavy atom. The van der Waals surface area contributed by atoms with Gasteiger partial charge in [-0.05, 0) is 6.42 Å². The Bertz CT molecular complexity index is 431. The summed E-state index contributed by atoms with van der Waals surface area (Å²) < 4.78 is 0. The molecule has 92 valence electrons. The molecule has 0 aromatic carbocycles. The van der Waals surface area contributed by atoms with Crippen molar-refractivity contribution in [2.75, 3.05) is 20.6 Å². The highest BCUT2D eigenvalue weighted by Gasteiger charge is 2.44. The number of amides is 3. The molecule has 1 fully saturated rings. The summed E-state index contributed by atoms with van der Waals surface area (Å²) in [5.74, 6) is -2.21. The van der Waals surface area contributed by atoms with Crippen LogP contribution in [0.25, 0.3) is 0 Å². The topological polar surface area (TPSA) is 90.3 Å². The van der Waals surface area contributed by atoms with Gasteiger partial charge in [0.1, 0.15) is 5.84 Å². The van der Waals surface area contributed by atoms with E-state index in [9.17, 15) is 14.4 Å². The largest absolute Gasteiger partial charge is 0.481 e. The zero-order chi connectivity index (χ0) is 12.7. The molecular formula is C10H13N3O4. The van der Waals surface area contributed by atoms with Crippen LogP contribution in [-0.4, -0.2) is 59.3 Å². The van der Waals surface area contributed by atoms with Crippen molar-refractivity contribution in [2.45, 2.75) is 6.42 Å². The minimum Gasteiger partial charge on any atom is -0.481 e. The van der Waals surface area contributed by atoms with Crippen molar-refractivity contribution >= 4 is 23.7 Å². The predicted molar refractivity (Wildman–Crippen MR) is 57.5 cm³/mol. The van der Waals surface area contributed by atoms with Crippen LogP contribution in [-0.2, 0) is 9.59 Å². The van der Waals surface area contributed by atoms with Crippen LogP contribution < -0.4 is 0 Å². The molecule has 3 amide bonds. The number of carbonyl (C=O) groups excluding carboxylic acids is 2. The molecule has 2 aliphatic rings. The number of urea groups is 1. The van der Waals surface area contributed by atoms with Gasteiger partial charge in [-0.1, -0.05) is 0 Å². The summed E-state index contributed by atoms with van der Waals surface area (Å²) in [6, 6.07) is -0.432. The number of carboxylic acid groups (broad SMARTS) is 1. The number of hydrogen-bond donors (Lipinski definition) is 1. The van der Waals surface area contributed by atoms with Crippen molar-refractivity contribution in [2.24, 2.45) is 16.8 Å². The van der Waals surface area contributed by atoms with E-state index in [0.717, 1.165) is 4.90 Å². The Balaban J connectivity index is 2.33. The molecule has 2 atom stereocenters. The summed E-state index contributed by atoms with van der Waals surface area (Å²) in [6.45, 7) is 0.121. The van der Waals surface area contributed by atoms with Crippen molar-refractivity contribution in [1.29, 1.82) is 0 Å². The summed E-state index contributed by atoms with van der Waals surface area (Å²) >= 11 is 0. The fourth-order valence-corrected chi connectivity index (χ4v) is 2.16. The van der Waals surface area contributed by atoms with Crippen LogP contribution >= 0.6 is 0 Å². The number of nitrogens with zero attached hydrogens (tertiary/aromatic N) is 3. The molecule has 0 aromatic heterocycles. The van der Waals surface area contributed by atoms with E-state index >= 15 is 0 Å². The van der Waals surface area contributed by atoms with Crippen molar-refractivity contribution < 1.29 is 19.5 Å². The SMILES string of the molecule is CN1C(=O)C2CC(C(=O)O)CN=C2N(C)C1=O. The van der Waals surface area contributed by atoms with Crippen molar-refractivity contribution in [1.82, 2.24) is 9.80 Å². The Labute approximate surface area is 97.7 Å². The molecule has 1 N–H and O–H groups in total. The van der Waals surface area contributed by atoms with E-state index in [0.29, 0.717) is 5.84 Å². The van der Waals surface area contributed by atoms with Crippen molar-refractivity contribution in [3.8, 4) is 0 Å². The molecular weight excluding hydrogens is 226 g/mol. The maximum absolute atomic E-state index is 11.9. The number of carboxylic acids is 1. The van der Waals surface area contributed by atoms with E-state index in [-0.39, 0.29) is 18.9 Å². The molecule has 2 unspecified atom stereocenters. The molecule has 7 heteroatoms. The molecule has 0 aliphatic carbocycles. The third kappa shape index (κ3) is 1.67. The van der Waals surface area contributed by atoms with Gasteiger partial charge < -0.3 is 5.11 Å². The highest BCUT2D eigenvalue weighted by atomic mass is 16.4. The standard InChI is InChI=1S/C10H13N3O4/c1-12-7-6(8(14)13(2)10(12)17)3-5(4-11-7)9(15)16/h5-6H,3-4H2,1-2H3,(H,15,16). The zero-order valence-corrected chi connectivity index (χ0v) is 9.58. The van der Waals surface area contributed by atoms with E-state index in [2.05, 4.69) is 4.99 Å². The fourth-order valence-electron chi connectivity index (χ4n) is 2.16.